The molecule has 162 valence electrons. The summed E-state index contributed by atoms with van der Waals surface area (Å²) < 4.78 is 5.08. The molecule has 3 aromatic rings. The van der Waals surface area contributed by atoms with E-state index in [1.807, 2.05) is 74.4 Å². The number of likely N-dealkylation sites (N-methyl/N-ethyl adjacent to an activating group) is 1. The van der Waals surface area contributed by atoms with Crippen LogP contribution in [0.25, 0.3) is 11.4 Å². The van der Waals surface area contributed by atoms with Gasteiger partial charge in [-0.2, -0.15) is 4.80 Å². The van der Waals surface area contributed by atoms with Crippen molar-refractivity contribution in [2.75, 3.05) is 32.6 Å². The number of anilines is 1. The first-order valence-electron chi connectivity index (χ1n) is 9.82. The Bertz CT molecular complexity index is 1030. The smallest absolute Gasteiger partial charge is 0.330 e. The maximum absolute atomic E-state index is 12.3. The van der Waals surface area contributed by atoms with Gasteiger partial charge in [0.1, 0.15) is 0 Å². The molecule has 1 amide bonds. The maximum atomic E-state index is 12.3. The first-order valence-corrected chi connectivity index (χ1v) is 9.82. The normalized spacial score (nSPS) is 10.6. The van der Waals surface area contributed by atoms with E-state index in [1.165, 1.54) is 4.90 Å². The number of nitrogens with zero attached hydrogens (tertiary/aromatic N) is 6. The standard InChI is InChI=1S/C22H26N6O3/c1-16-5-9-18(10-6-16)22-23-25-28(24-22)14-21(30)31-15-20(29)27(4)13-17-7-11-19(12-8-17)26(2)3/h5-12H,13-15H2,1-4H3. The molecular formula is C22H26N6O3. The summed E-state index contributed by atoms with van der Waals surface area (Å²) in [5, 5.41) is 12.0. The van der Waals surface area contributed by atoms with Gasteiger partial charge in [-0.1, -0.05) is 42.0 Å². The van der Waals surface area contributed by atoms with Crippen LogP contribution >= 0.6 is 0 Å². The molecule has 2 aromatic carbocycles. The first kappa shape index (κ1) is 21.9. The number of hydrogen-bond donors (Lipinski definition) is 0. The number of benzene rings is 2. The largest absolute Gasteiger partial charge is 0.454 e. The van der Waals surface area contributed by atoms with Crippen LogP contribution in [-0.2, 0) is 27.4 Å². The van der Waals surface area contributed by atoms with Gasteiger partial charge in [-0.25, -0.2) is 4.79 Å². The van der Waals surface area contributed by atoms with Crippen molar-refractivity contribution in [3.8, 4) is 11.4 Å². The summed E-state index contributed by atoms with van der Waals surface area (Å²) >= 11 is 0. The molecule has 1 heterocycles. The molecular weight excluding hydrogens is 396 g/mol. The van der Waals surface area contributed by atoms with Crippen LogP contribution in [0, 0.1) is 6.92 Å². The highest BCUT2D eigenvalue weighted by atomic mass is 16.5. The molecule has 0 aliphatic heterocycles. The molecule has 0 unspecified atom stereocenters. The Morgan fingerprint density at radius 3 is 2.32 bits per heavy atom. The molecule has 9 heteroatoms. The summed E-state index contributed by atoms with van der Waals surface area (Å²) in [4.78, 5) is 29.0. The van der Waals surface area contributed by atoms with E-state index in [2.05, 4.69) is 15.4 Å². The van der Waals surface area contributed by atoms with Crippen molar-refractivity contribution in [1.29, 1.82) is 0 Å². The molecule has 0 saturated heterocycles. The Morgan fingerprint density at radius 2 is 1.68 bits per heavy atom. The topological polar surface area (TPSA) is 93.5 Å². The van der Waals surface area contributed by atoms with Gasteiger partial charge in [-0.15, -0.1) is 10.2 Å². The zero-order chi connectivity index (χ0) is 22.4. The van der Waals surface area contributed by atoms with Gasteiger partial charge in [-0.05, 0) is 29.8 Å². The molecule has 0 spiro atoms. The number of hydrogen-bond acceptors (Lipinski definition) is 7. The van der Waals surface area contributed by atoms with E-state index >= 15 is 0 Å². The number of rotatable bonds is 8. The van der Waals surface area contributed by atoms with Crippen LogP contribution in [0.15, 0.2) is 48.5 Å². The molecule has 3 rings (SSSR count). The quantitative estimate of drug-likeness (QED) is 0.512. The average molecular weight is 422 g/mol. The number of esters is 1. The number of carbonyl (C=O) groups is 2. The van der Waals surface area contributed by atoms with E-state index in [-0.39, 0.29) is 19.1 Å². The monoisotopic (exact) mass is 422 g/mol. The number of ether oxygens (including phenoxy) is 1. The SMILES string of the molecule is Cc1ccc(-c2nnn(CC(=O)OCC(=O)N(C)Cc3ccc(N(C)C)cc3)n2)cc1. The lowest BCUT2D eigenvalue weighted by Crippen LogP contribution is -2.31. The van der Waals surface area contributed by atoms with E-state index in [0.717, 1.165) is 27.2 Å². The summed E-state index contributed by atoms with van der Waals surface area (Å²) in [6.45, 7) is 1.85. The van der Waals surface area contributed by atoms with E-state index in [4.69, 9.17) is 4.74 Å². The van der Waals surface area contributed by atoms with E-state index in [1.54, 1.807) is 7.05 Å². The zero-order valence-corrected chi connectivity index (χ0v) is 18.1. The molecule has 9 nitrogen and oxygen atoms in total. The fourth-order valence-electron chi connectivity index (χ4n) is 2.80. The van der Waals surface area contributed by atoms with Crippen LogP contribution < -0.4 is 4.90 Å². The van der Waals surface area contributed by atoms with E-state index in [9.17, 15) is 9.59 Å². The first-order chi connectivity index (χ1) is 14.8. The Hall–Kier alpha value is -3.75. The minimum absolute atomic E-state index is 0.220. The molecule has 0 aliphatic rings. The van der Waals surface area contributed by atoms with Crippen molar-refractivity contribution < 1.29 is 14.3 Å². The third-order valence-electron chi connectivity index (χ3n) is 4.69. The number of aromatic nitrogens is 4. The fraction of sp³-hybridized carbons (Fsp3) is 0.318. The zero-order valence-electron chi connectivity index (χ0n) is 18.1. The van der Waals surface area contributed by atoms with E-state index in [0.29, 0.717) is 12.4 Å². The third kappa shape index (κ3) is 6.11. The van der Waals surface area contributed by atoms with Gasteiger partial charge in [0.2, 0.25) is 5.82 Å². The average Bonchev–Trinajstić information content (AvgIpc) is 3.21. The lowest BCUT2D eigenvalue weighted by Gasteiger charge is -2.18. The molecule has 0 fully saturated rings. The predicted molar refractivity (Wildman–Crippen MR) is 116 cm³/mol. The number of tetrazole rings is 1. The second-order valence-corrected chi connectivity index (χ2v) is 7.48. The Morgan fingerprint density at radius 1 is 1.00 bits per heavy atom. The molecule has 0 bridgehead atoms. The van der Waals surface area contributed by atoms with E-state index < -0.39 is 5.97 Å². The number of amides is 1. The molecule has 0 N–H and O–H groups in total. The van der Waals surface area contributed by atoms with Crippen LogP contribution in [0.3, 0.4) is 0 Å². The Balaban J connectivity index is 1.46. The number of carbonyl (C=O) groups excluding carboxylic acids is 2. The Labute approximate surface area is 181 Å². The highest BCUT2D eigenvalue weighted by molar-refractivity contribution is 5.80. The summed E-state index contributed by atoms with van der Waals surface area (Å²) in [6, 6.07) is 15.6. The molecule has 0 saturated carbocycles. The molecule has 0 atom stereocenters. The van der Waals surface area contributed by atoms with Gasteiger partial charge in [0.05, 0.1) is 0 Å². The minimum Gasteiger partial charge on any atom is -0.454 e. The summed E-state index contributed by atoms with van der Waals surface area (Å²) in [5.41, 5.74) is 4.00. The summed E-state index contributed by atoms with van der Waals surface area (Å²) in [7, 11) is 5.61. The number of aryl methyl sites for hydroxylation is 1. The molecule has 31 heavy (non-hydrogen) atoms. The van der Waals surface area contributed by atoms with Crippen molar-refractivity contribution in [3.63, 3.8) is 0 Å². The van der Waals surface area contributed by atoms with Crippen molar-refractivity contribution >= 4 is 17.6 Å². The van der Waals surface area contributed by atoms with Gasteiger partial charge in [0.25, 0.3) is 5.91 Å². The van der Waals surface area contributed by atoms with Gasteiger partial charge in [0, 0.05) is 38.9 Å². The van der Waals surface area contributed by atoms with Gasteiger partial charge < -0.3 is 14.5 Å². The maximum Gasteiger partial charge on any atom is 0.330 e. The predicted octanol–water partition coefficient (Wildman–Crippen LogP) is 1.92. The van der Waals surface area contributed by atoms with Crippen molar-refractivity contribution in [1.82, 2.24) is 25.1 Å². The molecule has 1 aromatic heterocycles. The van der Waals surface area contributed by atoms with Crippen molar-refractivity contribution in [2.45, 2.75) is 20.0 Å². The highest BCUT2D eigenvalue weighted by Gasteiger charge is 2.15. The van der Waals surface area contributed by atoms with Crippen LogP contribution in [0.5, 0.6) is 0 Å². The van der Waals surface area contributed by atoms with Crippen LogP contribution in [-0.4, -0.2) is 64.7 Å². The second kappa shape index (κ2) is 9.84. The van der Waals surface area contributed by atoms with Gasteiger partial charge in [0.15, 0.2) is 13.2 Å². The van der Waals surface area contributed by atoms with Gasteiger partial charge >= 0.3 is 5.97 Å². The second-order valence-electron chi connectivity index (χ2n) is 7.48. The third-order valence-corrected chi connectivity index (χ3v) is 4.69. The molecule has 0 aliphatic carbocycles. The highest BCUT2D eigenvalue weighted by Crippen LogP contribution is 2.14. The minimum atomic E-state index is -0.607. The van der Waals surface area contributed by atoms with Crippen LogP contribution in [0.1, 0.15) is 11.1 Å². The van der Waals surface area contributed by atoms with Crippen LogP contribution in [0.2, 0.25) is 0 Å². The van der Waals surface area contributed by atoms with Crippen molar-refractivity contribution in [2.24, 2.45) is 0 Å². The lowest BCUT2D eigenvalue weighted by atomic mass is 10.1. The van der Waals surface area contributed by atoms with Gasteiger partial charge in [-0.3, -0.25) is 4.79 Å². The fourth-order valence-corrected chi connectivity index (χ4v) is 2.80. The summed E-state index contributed by atoms with van der Waals surface area (Å²) in [6.07, 6.45) is 0. The Kier molecular flexibility index (Phi) is 6.96. The van der Waals surface area contributed by atoms with Crippen LogP contribution in [0.4, 0.5) is 5.69 Å². The lowest BCUT2D eigenvalue weighted by molar-refractivity contribution is -0.152. The molecule has 0 radical (unpaired) electrons. The van der Waals surface area contributed by atoms with Crippen molar-refractivity contribution in [3.05, 3.63) is 59.7 Å². The summed E-state index contributed by atoms with van der Waals surface area (Å²) in [5.74, 6) is -0.481.